The predicted octanol–water partition coefficient (Wildman–Crippen LogP) is 5.59. The third kappa shape index (κ3) is 11.6. The molecule has 190 valence electrons. The lowest BCUT2D eigenvalue weighted by atomic mass is 10.2. The van der Waals surface area contributed by atoms with Gasteiger partial charge in [-0.1, -0.05) is 33.6 Å². The zero-order valence-corrected chi connectivity index (χ0v) is 20.6. The van der Waals surface area contributed by atoms with Crippen molar-refractivity contribution in [1.82, 2.24) is 4.98 Å². The second-order valence-electron chi connectivity index (χ2n) is 6.74. The Hall–Kier alpha value is -4.46. The molecule has 0 N–H and O–H groups in total. The van der Waals surface area contributed by atoms with Gasteiger partial charge in [-0.2, -0.15) is 0 Å². The molecule has 0 amide bonds. The smallest absolute Gasteiger partial charge is 0.345 e. The molecule has 0 bridgehead atoms. The average Bonchev–Trinajstić information content (AvgIpc) is 2.91. The average molecular weight is 494 g/mol. The van der Waals surface area contributed by atoms with Crippen molar-refractivity contribution in [2.24, 2.45) is 0 Å². The maximum atomic E-state index is 12.3. The summed E-state index contributed by atoms with van der Waals surface area (Å²) in [6.07, 6.45) is 8.12. The Morgan fingerprint density at radius 3 is 2.00 bits per heavy atom. The molecule has 2 rings (SSSR count). The summed E-state index contributed by atoms with van der Waals surface area (Å²) in [4.78, 5) is 39.0. The van der Waals surface area contributed by atoms with E-state index in [1.54, 1.807) is 42.6 Å². The highest BCUT2D eigenvalue weighted by Crippen LogP contribution is 2.15. The largest absolute Gasteiger partial charge is 0.494 e. The Bertz CT molecular complexity index is 1060. The van der Waals surface area contributed by atoms with Gasteiger partial charge in [0, 0.05) is 18.5 Å². The minimum Gasteiger partial charge on any atom is -0.494 e. The van der Waals surface area contributed by atoms with E-state index in [1.165, 1.54) is 18.3 Å². The second kappa shape index (κ2) is 17.0. The molecule has 1 heterocycles. The minimum absolute atomic E-state index is 0.0426. The molecule has 1 aromatic heterocycles. The van der Waals surface area contributed by atoms with Crippen molar-refractivity contribution in [2.75, 3.05) is 13.2 Å². The first-order valence-corrected chi connectivity index (χ1v) is 11.3. The van der Waals surface area contributed by atoms with E-state index in [2.05, 4.69) is 24.7 Å². The number of benzene rings is 1. The molecular weight excluding hydrogens is 462 g/mol. The van der Waals surface area contributed by atoms with E-state index in [4.69, 9.17) is 18.9 Å². The van der Waals surface area contributed by atoms with Crippen LogP contribution in [-0.2, 0) is 19.0 Å². The summed E-state index contributed by atoms with van der Waals surface area (Å²) >= 11 is 0. The summed E-state index contributed by atoms with van der Waals surface area (Å²) in [6, 6.07) is 9.60. The van der Waals surface area contributed by atoms with Crippen molar-refractivity contribution >= 4 is 17.9 Å². The zero-order chi connectivity index (χ0) is 26.8. The zero-order valence-electron chi connectivity index (χ0n) is 20.6. The first kappa shape index (κ1) is 29.6. The first-order valence-electron chi connectivity index (χ1n) is 11.3. The van der Waals surface area contributed by atoms with Crippen LogP contribution in [0.5, 0.6) is 5.75 Å². The molecule has 2 aromatic rings. The maximum absolute atomic E-state index is 12.3. The third-order valence-electron chi connectivity index (χ3n) is 4.11. The molecule has 0 saturated heterocycles. The molecule has 8 nitrogen and oxygen atoms in total. The summed E-state index contributed by atoms with van der Waals surface area (Å²) in [5.41, 5.74) is 0.587. The molecule has 0 aliphatic heterocycles. The fourth-order valence-corrected chi connectivity index (χ4v) is 2.41. The molecular formula is C28H31NO7. The maximum Gasteiger partial charge on any atom is 0.345 e. The van der Waals surface area contributed by atoms with Crippen molar-refractivity contribution in [3.05, 3.63) is 109 Å². The van der Waals surface area contributed by atoms with E-state index in [9.17, 15) is 14.4 Å². The van der Waals surface area contributed by atoms with Gasteiger partial charge in [0.2, 0.25) is 0 Å². The molecule has 1 aromatic carbocycles. The van der Waals surface area contributed by atoms with E-state index >= 15 is 0 Å². The number of aromatic nitrogens is 1. The topological polar surface area (TPSA) is 101 Å². The van der Waals surface area contributed by atoms with Crippen molar-refractivity contribution in [3.63, 3.8) is 0 Å². The molecule has 0 aliphatic rings. The van der Waals surface area contributed by atoms with Gasteiger partial charge in [-0.25, -0.2) is 14.4 Å². The van der Waals surface area contributed by atoms with Gasteiger partial charge in [0.25, 0.3) is 0 Å². The number of hydrogen-bond acceptors (Lipinski definition) is 8. The summed E-state index contributed by atoms with van der Waals surface area (Å²) in [6.45, 7) is 15.3. The number of ether oxygens (including phenoxy) is 4. The summed E-state index contributed by atoms with van der Waals surface area (Å²) in [7, 11) is 0. The molecule has 0 spiro atoms. The van der Waals surface area contributed by atoms with Crippen LogP contribution in [0.4, 0.5) is 0 Å². The van der Waals surface area contributed by atoms with E-state index in [0.29, 0.717) is 37.4 Å². The lowest BCUT2D eigenvalue weighted by Gasteiger charge is -2.08. The van der Waals surface area contributed by atoms with Crippen molar-refractivity contribution in [1.29, 1.82) is 0 Å². The van der Waals surface area contributed by atoms with Crippen molar-refractivity contribution in [2.45, 2.75) is 26.7 Å². The Morgan fingerprint density at radius 2 is 1.44 bits per heavy atom. The molecule has 0 saturated carbocycles. The molecule has 0 unspecified atom stereocenters. The normalized spacial score (nSPS) is 9.83. The number of carbonyl (C=O) groups excluding carboxylic acids is 3. The predicted molar refractivity (Wildman–Crippen MR) is 136 cm³/mol. The quantitative estimate of drug-likeness (QED) is 0.0888. The number of nitrogens with zero attached hydrogens (tertiary/aromatic N) is 1. The van der Waals surface area contributed by atoms with Crippen LogP contribution < -0.4 is 4.74 Å². The number of allylic oxidation sites excluding steroid dienone is 2. The number of hydrogen-bond donors (Lipinski definition) is 0. The Morgan fingerprint density at radius 1 is 0.861 bits per heavy atom. The van der Waals surface area contributed by atoms with Gasteiger partial charge in [-0.05, 0) is 61.4 Å². The van der Waals surface area contributed by atoms with Crippen LogP contribution in [0.25, 0.3) is 0 Å². The number of carbonyl (C=O) groups is 3. The fourth-order valence-electron chi connectivity index (χ4n) is 2.41. The number of unbranched alkanes of at least 4 members (excludes halogenated alkanes) is 1. The van der Waals surface area contributed by atoms with Crippen LogP contribution in [0.2, 0.25) is 0 Å². The Balaban J connectivity index is 0.00000316. The van der Waals surface area contributed by atoms with Crippen LogP contribution >= 0.6 is 0 Å². The van der Waals surface area contributed by atoms with Gasteiger partial charge in [0.15, 0.2) is 0 Å². The van der Waals surface area contributed by atoms with Gasteiger partial charge in [0.05, 0.1) is 24.3 Å². The highest BCUT2D eigenvalue weighted by molar-refractivity contribution is 5.90. The van der Waals surface area contributed by atoms with Crippen LogP contribution in [0, 0.1) is 0 Å². The first-order chi connectivity index (χ1) is 17.4. The van der Waals surface area contributed by atoms with E-state index in [1.807, 2.05) is 13.8 Å². The molecule has 0 atom stereocenters. The fraction of sp³-hybridized carbons (Fsp3) is 0.214. The van der Waals surface area contributed by atoms with E-state index in [0.717, 1.165) is 6.08 Å². The highest BCUT2D eigenvalue weighted by Gasteiger charge is 2.10. The van der Waals surface area contributed by atoms with Crippen molar-refractivity contribution in [3.8, 4) is 5.75 Å². The van der Waals surface area contributed by atoms with Gasteiger partial charge in [0.1, 0.15) is 17.3 Å². The van der Waals surface area contributed by atoms with Crippen molar-refractivity contribution < 1.29 is 33.3 Å². The van der Waals surface area contributed by atoms with Gasteiger partial charge in [-0.15, -0.1) is 0 Å². The lowest BCUT2D eigenvalue weighted by Crippen LogP contribution is -2.05. The third-order valence-corrected chi connectivity index (χ3v) is 4.11. The number of esters is 3. The van der Waals surface area contributed by atoms with Crippen LogP contribution in [0.1, 0.15) is 47.4 Å². The monoisotopic (exact) mass is 493 g/mol. The SMILES string of the molecule is C=CC(=O)OCCCCOc1ccc(C(=O)OC(=C)/C=C\C(=C)OC(=O)c2cccnc2)cc1.CC. The number of pyridine rings is 1. The second-order valence-corrected chi connectivity index (χ2v) is 6.74. The van der Waals surface area contributed by atoms with Gasteiger partial charge >= 0.3 is 17.9 Å². The van der Waals surface area contributed by atoms with E-state index < -0.39 is 17.9 Å². The standard InChI is InChI=1S/C26H25NO7.C2H6/c1-4-24(28)32-17-6-5-16-31-23-13-11-21(12-14-23)25(29)33-19(2)9-10-20(3)34-26(30)22-8-7-15-27-18-22;1-2/h4,7-15,18H,1-3,5-6,16-17H2;1-2H3/b10-9-;. The van der Waals surface area contributed by atoms with Gasteiger partial charge < -0.3 is 18.9 Å². The Labute approximate surface area is 211 Å². The van der Waals surface area contributed by atoms with E-state index in [-0.39, 0.29) is 17.1 Å². The summed E-state index contributed by atoms with van der Waals surface area (Å²) < 4.78 is 20.7. The molecule has 36 heavy (non-hydrogen) atoms. The highest BCUT2D eigenvalue weighted by atomic mass is 16.5. The molecule has 0 radical (unpaired) electrons. The molecule has 8 heteroatoms. The number of rotatable bonds is 13. The van der Waals surface area contributed by atoms with Crippen LogP contribution in [0.15, 0.2) is 98.3 Å². The van der Waals surface area contributed by atoms with Gasteiger partial charge in [-0.3, -0.25) is 4.98 Å². The molecule has 0 aliphatic carbocycles. The minimum atomic E-state index is -0.608. The van der Waals surface area contributed by atoms with Crippen LogP contribution in [-0.4, -0.2) is 36.1 Å². The summed E-state index contributed by atoms with van der Waals surface area (Å²) in [5, 5.41) is 0. The Kier molecular flexibility index (Phi) is 14.0. The molecule has 0 fully saturated rings. The lowest BCUT2D eigenvalue weighted by molar-refractivity contribution is -0.137. The van der Waals surface area contributed by atoms with Crippen LogP contribution in [0.3, 0.4) is 0 Å². The summed E-state index contributed by atoms with van der Waals surface area (Å²) in [5.74, 6) is -0.986.